The Labute approximate surface area is 122 Å². The number of pyridine rings is 1. The molecule has 5 nitrogen and oxygen atoms in total. The van der Waals surface area contributed by atoms with Crippen LogP contribution in [-0.4, -0.2) is 27.6 Å². The molecule has 0 N–H and O–H groups in total. The molecule has 108 valence electrons. The highest BCUT2D eigenvalue weighted by atomic mass is 35.5. The van der Waals surface area contributed by atoms with Gasteiger partial charge < -0.3 is 9.30 Å². The van der Waals surface area contributed by atoms with Crippen LogP contribution in [0.25, 0.3) is 11.0 Å². The number of esters is 1. The first-order valence-corrected chi connectivity index (χ1v) is 7.06. The number of rotatable bonds is 5. The number of carbonyl (C=O) groups excluding carboxylic acids is 1. The third-order valence-corrected chi connectivity index (χ3v) is 3.40. The number of alkyl halides is 1. The molecule has 0 saturated carbocycles. The van der Waals surface area contributed by atoms with Crippen LogP contribution in [0.2, 0.25) is 0 Å². The maximum Gasteiger partial charge on any atom is 0.328 e. The quantitative estimate of drug-likeness (QED) is 0.628. The van der Waals surface area contributed by atoms with E-state index < -0.39 is 6.04 Å². The van der Waals surface area contributed by atoms with Crippen LogP contribution in [0.1, 0.15) is 32.1 Å². The van der Waals surface area contributed by atoms with Gasteiger partial charge in [-0.15, -0.1) is 11.6 Å². The second kappa shape index (κ2) is 6.22. The second-order valence-electron chi connectivity index (χ2n) is 5.06. The maximum absolute atomic E-state index is 12.1. The molecule has 2 aromatic rings. The van der Waals surface area contributed by atoms with E-state index in [1.54, 1.807) is 12.4 Å². The zero-order chi connectivity index (χ0) is 14.7. The highest BCUT2D eigenvalue weighted by Crippen LogP contribution is 2.27. The molecule has 1 unspecified atom stereocenters. The molecule has 1 atom stereocenters. The molecule has 0 aliphatic carbocycles. The summed E-state index contributed by atoms with van der Waals surface area (Å²) in [6.45, 7) is 4.13. The summed E-state index contributed by atoms with van der Waals surface area (Å²) in [5, 5.41) is 0. The van der Waals surface area contributed by atoms with Crippen molar-refractivity contribution in [3.8, 4) is 0 Å². The van der Waals surface area contributed by atoms with Gasteiger partial charge in [0.25, 0.3) is 0 Å². The number of methoxy groups -OCH3 is 1. The van der Waals surface area contributed by atoms with Crippen molar-refractivity contribution in [2.24, 2.45) is 5.92 Å². The van der Waals surface area contributed by atoms with E-state index in [9.17, 15) is 4.79 Å². The first kappa shape index (κ1) is 14.8. The fraction of sp³-hybridized carbons (Fsp3) is 0.500. The maximum atomic E-state index is 12.1. The SMILES string of the molecule is COC(=O)C(CC(C)C)n1c(CCl)nc2cnccc21. The van der Waals surface area contributed by atoms with Crippen molar-refractivity contribution in [1.29, 1.82) is 0 Å². The first-order chi connectivity index (χ1) is 9.58. The van der Waals surface area contributed by atoms with Crippen molar-refractivity contribution in [3.05, 3.63) is 24.3 Å². The topological polar surface area (TPSA) is 57.0 Å². The molecular weight excluding hydrogens is 278 g/mol. The fourth-order valence-corrected chi connectivity index (χ4v) is 2.52. The Kier molecular flexibility index (Phi) is 4.60. The number of halogens is 1. The molecule has 0 bridgehead atoms. The Morgan fingerprint density at radius 2 is 2.25 bits per heavy atom. The molecule has 2 rings (SSSR count). The Morgan fingerprint density at radius 1 is 1.50 bits per heavy atom. The Bertz CT molecular complexity index is 609. The first-order valence-electron chi connectivity index (χ1n) is 6.53. The monoisotopic (exact) mass is 295 g/mol. The minimum atomic E-state index is -0.416. The van der Waals surface area contributed by atoms with Crippen LogP contribution < -0.4 is 0 Å². The lowest BCUT2D eigenvalue weighted by atomic mass is 10.0. The molecule has 0 saturated heterocycles. The standard InChI is InChI=1S/C14H18ClN3O2/c1-9(2)6-12(14(19)20-3)18-11-4-5-16-8-10(11)17-13(18)7-15/h4-5,8-9,12H,6-7H2,1-3H3. The van der Waals surface area contributed by atoms with Crippen LogP contribution in [0.4, 0.5) is 0 Å². The van der Waals surface area contributed by atoms with Crippen molar-refractivity contribution >= 4 is 28.6 Å². The van der Waals surface area contributed by atoms with E-state index >= 15 is 0 Å². The van der Waals surface area contributed by atoms with Crippen molar-refractivity contribution in [3.63, 3.8) is 0 Å². The van der Waals surface area contributed by atoms with E-state index in [1.165, 1.54) is 7.11 Å². The number of nitrogens with zero attached hydrogens (tertiary/aromatic N) is 3. The molecule has 6 heteroatoms. The van der Waals surface area contributed by atoms with Crippen molar-refractivity contribution in [2.45, 2.75) is 32.2 Å². The van der Waals surface area contributed by atoms with Crippen molar-refractivity contribution in [2.75, 3.05) is 7.11 Å². The zero-order valence-electron chi connectivity index (χ0n) is 11.8. The summed E-state index contributed by atoms with van der Waals surface area (Å²) in [5.41, 5.74) is 1.59. The molecule has 0 radical (unpaired) electrons. The molecule has 20 heavy (non-hydrogen) atoms. The van der Waals surface area contributed by atoms with E-state index in [1.807, 2.05) is 10.6 Å². The number of fused-ring (bicyclic) bond motifs is 1. The predicted octanol–water partition coefficient (Wildman–Crippen LogP) is 2.93. The van der Waals surface area contributed by atoms with Crippen LogP contribution in [0.3, 0.4) is 0 Å². The molecule has 0 aliphatic rings. The fourth-order valence-electron chi connectivity index (χ4n) is 2.33. The summed E-state index contributed by atoms with van der Waals surface area (Å²) in [7, 11) is 1.40. The van der Waals surface area contributed by atoms with Crippen LogP contribution >= 0.6 is 11.6 Å². The Hall–Kier alpha value is -1.62. The predicted molar refractivity (Wildman–Crippen MR) is 77.6 cm³/mol. The second-order valence-corrected chi connectivity index (χ2v) is 5.33. The van der Waals surface area contributed by atoms with Gasteiger partial charge in [0.05, 0.1) is 24.7 Å². The average molecular weight is 296 g/mol. The summed E-state index contributed by atoms with van der Waals surface area (Å²) in [5.74, 6) is 0.966. The molecular formula is C14H18ClN3O2. The van der Waals surface area contributed by atoms with Gasteiger partial charge in [0, 0.05) is 6.20 Å². The van der Waals surface area contributed by atoms with Gasteiger partial charge in [-0.05, 0) is 18.4 Å². The Morgan fingerprint density at radius 3 is 2.85 bits per heavy atom. The number of aromatic nitrogens is 3. The van der Waals surface area contributed by atoms with Gasteiger partial charge in [0.2, 0.25) is 0 Å². The highest BCUT2D eigenvalue weighted by Gasteiger charge is 2.26. The lowest BCUT2D eigenvalue weighted by Gasteiger charge is -2.20. The average Bonchev–Trinajstić information content (AvgIpc) is 2.82. The van der Waals surface area contributed by atoms with Gasteiger partial charge in [0.1, 0.15) is 17.4 Å². The summed E-state index contributed by atoms with van der Waals surface area (Å²) < 4.78 is 6.81. The van der Waals surface area contributed by atoms with E-state index in [-0.39, 0.29) is 11.8 Å². The van der Waals surface area contributed by atoms with Crippen LogP contribution in [0, 0.1) is 5.92 Å². The van der Waals surface area contributed by atoms with Gasteiger partial charge in [0.15, 0.2) is 0 Å². The van der Waals surface area contributed by atoms with E-state index in [2.05, 4.69) is 23.8 Å². The summed E-state index contributed by atoms with van der Waals surface area (Å²) in [6, 6.07) is 1.43. The van der Waals surface area contributed by atoms with Gasteiger partial charge in [-0.2, -0.15) is 0 Å². The zero-order valence-corrected chi connectivity index (χ0v) is 12.6. The number of hydrogen-bond donors (Lipinski definition) is 0. The van der Waals surface area contributed by atoms with Crippen LogP contribution in [-0.2, 0) is 15.4 Å². The van der Waals surface area contributed by atoms with Crippen molar-refractivity contribution in [1.82, 2.24) is 14.5 Å². The molecule has 0 spiro atoms. The van der Waals surface area contributed by atoms with Gasteiger partial charge in [-0.1, -0.05) is 13.8 Å². The molecule has 0 fully saturated rings. The van der Waals surface area contributed by atoms with Crippen LogP contribution in [0.15, 0.2) is 18.5 Å². The van der Waals surface area contributed by atoms with Gasteiger partial charge in [-0.3, -0.25) is 4.98 Å². The lowest BCUT2D eigenvalue weighted by Crippen LogP contribution is -2.24. The number of hydrogen-bond acceptors (Lipinski definition) is 4. The van der Waals surface area contributed by atoms with Gasteiger partial charge in [-0.25, -0.2) is 9.78 Å². The third-order valence-electron chi connectivity index (χ3n) is 3.16. The number of carbonyl (C=O) groups is 1. The smallest absolute Gasteiger partial charge is 0.328 e. The number of imidazole rings is 1. The van der Waals surface area contributed by atoms with E-state index in [0.717, 1.165) is 11.0 Å². The molecule has 2 heterocycles. The number of ether oxygens (including phenoxy) is 1. The molecule has 0 amide bonds. The summed E-state index contributed by atoms with van der Waals surface area (Å²) >= 11 is 5.98. The van der Waals surface area contributed by atoms with Gasteiger partial charge >= 0.3 is 5.97 Å². The minimum absolute atomic E-state index is 0.236. The minimum Gasteiger partial charge on any atom is -0.467 e. The van der Waals surface area contributed by atoms with E-state index in [4.69, 9.17) is 16.3 Å². The van der Waals surface area contributed by atoms with Crippen LogP contribution in [0.5, 0.6) is 0 Å². The lowest BCUT2D eigenvalue weighted by molar-refractivity contribution is -0.145. The Balaban J connectivity index is 2.59. The normalized spacial score (nSPS) is 12.8. The molecule has 2 aromatic heterocycles. The third kappa shape index (κ3) is 2.77. The molecule has 0 aliphatic heterocycles. The van der Waals surface area contributed by atoms with Crippen molar-refractivity contribution < 1.29 is 9.53 Å². The highest BCUT2D eigenvalue weighted by molar-refractivity contribution is 6.16. The molecule has 0 aromatic carbocycles. The summed E-state index contributed by atoms with van der Waals surface area (Å²) in [4.78, 5) is 20.6. The summed E-state index contributed by atoms with van der Waals surface area (Å²) in [6.07, 6.45) is 4.03. The largest absolute Gasteiger partial charge is 0.467 e. The van der Waals surface area contributed by atoms with E-state index in [0.29, 0.717) is 18.2 Å².